The van der Waals surface area contributed by atoms with Crippen LogP contribution in [0.25, 0.3) is 11.4 Å². The molecule has 2 aromatic heterocycles. The van der Waals surface area contributed by atoms with Gasteiger partial charge in [0, 0.05) is 55.0 Å². The lowest BCUT2D eigenvalue weighted by atomic mass is 10.1. The Morgan fingerprint density at radius 1 is 1.15 bits per heavy atom. The summed E-state index contributed by atoms with van der Waals surface area (Å²) in [5.41, 5.74) is 4.47. The van der Waals surface area contributed by atoms with Gasteiger partial charge in [-0.05, 0) is 12.8 Å². The standard InChI is InChI=1S/C20H20ClN5/c21-18-17(24-20(25-18)13-4-2-1-3-5-13)12-26-9-8-16-15(11-26)10-22-19(23-16)14-6-7-14/h1-5,10,14H,6-9,11-12H2,(H,24,25). The molecule has 0 amide bonds. The van der Waals surface area contributed by atoms with Crippen molar-refractivity contribution in [1.29, 1.82) is 0 Å². The van der Waals surface area contributed by atoms with E-state index in [2.05, 4.69) is 19.9 Å². The van der Waals surface area contributed by atoms with Crippen molar-refractivity contribution in [2.24, 2.45) is 0 Å². The van der Waals surface area contributed by atoms with E-state index in [1.807, 2.05) is 36.5 Å². The molecule has 0 atom stereocenters. The second kappa shape index (κ2) is 6.49. The summed E-state index contributed by atoms with van der Waals surface area (Å²) in [5, 5.41) is 0.551. The number of rotatable bonds is 4. The second-order valence-corrected chi connectivity index (χ2v) is 7.51. The maximum Gasteiger partial charge on any atom is 0.152 e. The van der Waals surface area contributed by atoms with Gasteiger partial charge in [-0.1, -0.05) is 41.9 Å². The van der Waals surface area contributed by atoms with E-state index in [9.17, 15) is 0 Å². The van der Waals surface area contributed by atoms with Crippen LogP contribution >= 0.6 is 11.6 Å². The number of aromatic amines is 1. The zero-order chi connectivity index (χ0) is 17.5. The summed E-state index contributed by atoms with van der Waals surface area (Å²) in [6.45, 7) is 2.59. The SMILES string of the molecule is Clc1nc(-c2ccccc2)[nH]c1CN1CCc2nc(C3CC3)ncc2C1. The number of fused-ring (bicyclic) bond motifs is 1. The fourth-order valence-corrected chi connectivity index (χ4v) is 3.70. The molecular weight excluding hydrogens is 346 g/mol. The highest BCUT2D eigenvalue weighted by molar-refractivity contribution is 6.30. The second-order valence-electron chi connectivity index (χ2n) is 7.16. The van der Waals surface area contributed by atoms with Crippen molar-refractivity contribution in [3.8, 4) is 11.4 Å². The molecule has 0 spiro atoms. The first kappa shape index (κ1) is 16.0. The molecule has 132 valence electrons. The zero-order valence-electron chi connectivity index (χ0n) is 14.5. The molecule has 5 nitrogen and oxygen atoms in total. The Morgan fingerprint density at radius 3 is 2.81 bits per heavy atom. The molecule has 1 aromatic carbocycles. The average Bonchev–Trinajstić information content (AvgIpc) is 3.46. The van der Waals surface area contributed by atoms with Gasteiger partial charge in [-0.15, -0.1) is 0 Å². The molecule has 3 heterocycles. The summed E-state index contributed by atoms with van der Waals surface area (Å²) in [6, 6.07) is 10.1. The van der Waals surface area contributed by atoms with Crippen LogP contribution in [0.3, 0.4) is 0 Å². The Labute approximate surface area is 157 Å². The minimum Gasteiger partial charge on any atom is -0.339 e. The van der Waals surface area contributed by atoms with Crippen LogP contribution in [0.15, 0.2) is 36.5 Å². The summed E-state index contributed by atoms with van der Waals surface area (Å²) in [4.78, 5) is 19.6. The van der Waals surface area contributed by atoms with Crippen molar-refractivity contribution in [3.05, 3.63) is 64.5 Å². The van der Waals surface area contributed by atoms with Crippen LogP contribution in [0.5, 0.6) is 0 Å². The lowest BCUT2D eigenvalue weighted by Crippen LogP contribution is -2.31. The van der Waals surface area contributed by atoms with Crippen LogP contribution in [-0.4, -0.2) is 31.4 Å². The number of nitrogens with one attached hydrogen (secondary N) is 1. The Hall–Kier alpha value is -2.24. The number of benzene rings is 1. The Morgan fingerprint density at radius 2 is 2.00 bits per heavy atom. The molecule has 1 saturated carbocycles. The molecule has 2 aliphatic rings. The van der Waals surface area contributed by atoms with Gasteiger partial charge in [0.15, 0.2) is 5.15 Å². The molecule has 26 heavy (non-hydrogen) atoms. The van der Waals surface area contributed by atoms with Crippen LogP contribution in [-0.2, 0) is 19.5 Å². The fraction of sp³-hybridized carbons (Fsp3) is 0.350. The molecular formula is C20H20ClN5. The predicted octanol–water partition coefficient (Wildman–Crippen LogP) is 3.96. The third kappa shape index (κ3) is 3.13. The first-order valence-corrected chi connectivity index (χ1v) is 9.51. The summed E-state index contributed by atoms with van der Waals surface area (Å²) >= 11 is 6.38. The predicted molar refractivity (Wildman–Crippen MR) is 101 cm³/mol. The molecule has 1 N–H and O–H groups in total. The summed E-state index contributed by atoms with van der Waals surface area (Å²) in [6.07, 6.45) is 5.47. The van der Waals surface area contributed by atoms with Crippen molar-refractivity contribution >= 4 is 11.6 Å². The van der Waals surface area contributed by atoms with Gasteiger partial charge in [-0.2, -0.15) is 0 Å². The van der Waals surface area contributed by atoms with Crippen LogP contribution in [0.2, 0.25) is 5.15 Å². The molecule has 5 rings (SSSR count). The third-order valence-corrected chi connectivity index (χ3v) is 5.44. The number of H-pyrrole nitrogens is 1. The van der Waals surface area contributed by atoms with Crippen molar-refractivity contribution in [1.82, 2.24) is 24.8 Å². The van der Waals surface area contributed by atoms with Gasteiger partial charge in [-0.25, -0.2) is 15.0 Å². The van der Waals surface area contributed by atoms with E-state index in [4.69, 9.17) is 16.6 Å². The minimum atomic E-state index is 0.551. The van der Waals surface area contributed by atoms with E-state index in [0.717, 1.165) is 49.0 Å². The number of halogens is 1. The van der Waals surface area contributed by atoms with Crippen molar-refractivity contribution < 1.29 is 0 Å². The number of aromatic nitrogens is 4. The maximum atomic E-state index is 6.38. The van der Waals surface area contributed by atoms with Crippen molar-refractivity contribution in [2.75, 3.05) is 6.54 Å². The summed E-state index contributed by atoms with van der Waals surface area (Å²) < 4.78 is 0. The highest BCUT2D eigenvalue weighted by Crippen LogP contribution is 2.38. The van der Waals surface area contributed by atoms with Gasteiger partial charge in [0.25, 0.3) is 0 Å². The van der Waals surface area contributed by atoms with E-state index in [0.29, 0.717) is 11.1 Å². The Kier molecular flexibility index (Phi) is 3.98. The highest BCUT2D eigenvalue weighted by atomic mass is 35.5. The Balaban J connectivity index is 1.32. The lowest BCUT2D eigenvalue weighted by Gasteiger charge is -2.27. The first-order valence-electron chi connectivity index (χ1n) is 9.13. The van der Waals surface area contributed by atoms with Crippen LogP contribution in [0, 0.1) is 0 Å². The van der Waals surface area contributed by atoms with E-state index >= 15 is 0 Å². The summed E-state index contributed by atoms with van der Waals surface area (Å²) in [7, 11) is 0. The van der Waals surface area contributed by atoms with Gasteiger partial charge in [0.2, 0.25) is 0 Å². The third-order valence-electron chi connectivity index (χ3n) is 5.13. The van der Waals surface area contributed by atoms with Crippen LogP contribution < -0.4 is 0 Å². The van der Waals surface area contributed by atoms with Gasteiger partial charge in [0.05, 0.1) is 5.69 Å². The largest absolute Gasteiger partial charge is 0.339 e. The van der Waals surface area contributed by atoms with Crippen LogP contribution in [0.4, 0.5) is 0 Å². The quantitative estimate of drug-likeness (QED) is 0.760. The zero-order valence-corrected chi connectivity index (χ0v) is 15.2. The van der Waals surface area contributed by atoms with Gasteiger partial charge in [-0.3, -0.25) is 4.90 Å². The van der Waals surface area contributed by atoms with Gasteiger partial charge in [0.1, 0.15) is 11.6 Å². The molecule has 0 radical (unpaired) electrons. The van der Waals surface area contributed by atoms with E-state index < -0.39 is 0 Å². The molecule has 0 unspecified atom stereocenters. The number of hydrogen-bond acceptors (Lipinski definition) is 4. The minimum absolute atomic E-state index is 0.551. The average molecular weight is 366 g/mol. The molecule has 3 aromatic rings. The van der Waals surface area contributed by atoms with Gasteiger partial charge < -0.3 is 4.98 Å². The van der Waals surface area contributed by atoms with Crippen molar-refractivity contribution in [2.45, 2.75) is 38.3 Å². The normalized spacial score (nSPS) is 17.3. The molecule has 6 heteroatoms. The number of imidazole rings is 1. The number of hydrogen-bond donors (Lipinski definition) is 1. The molecule has 1 fully saturated rings. The molecule has 0 bridgehead atoms. The van der Waals surface area contributed by atoms with E-state index in [1.165, 1.54) is 24.1 Å². The van der Waals surface area contributed by atoms with E-state index in [1.54, 1.807) is 0 Å². The monoisotopic (exact) mass is 365 g/mol. The summed E-state index contributed by atoms with van der Waals surface area (Å²) in [5.74, 6) is 2.47. The fourth-order valence-electron chi connectivity index (χ4n) is 3.51. The van der Waals surface area contributed by atoms with Crippen LogP contribution in [0.1, 0.15) is 41.5 Å². The highest BCUT2D eigenvalue weighted by Gasteiger charge is 2.28. The van der Waals surface area contributed by atoms with Crippen molar-refractivity contribution in [3.63, 3.8) is 0 Å². The maximum absolute atomic E-state index is 6.38. The molecule has 1 aliphatic carbocycles. The van der Waals surface area contributed by atoms with Gasteiger partial charge >= 0.3 is 0 Å². The lowest BCUT2D eigenvalue weighted by molar-refractivity contribution is 0.240. The smallest absolute Gasteiger partial charge is 0.152 e. The van der Waals surface area contributed by atoms with E-state index in [-0.39, 0.29) is 0 Å². The molecule has 0 saturated heterocycles. The first-order chi connectivity index (χ1) is 12.8. The number of nitrogens with zero attached hydrogens (tertiary/aromatic N) is 4. The molecule has 1 aliphatic heterocycles. The Bertz CT molecular complexity index is 933. The topological polar surface area (TPSA) is 57.7 Å².